The summed E-state index contributed by atoms with van der Waals surface area (Å²) in [4.78, 5) is 12.6. The van der Waals surface area contributed by atoms with Crippen LogP contribution >= 0.6 is 15.9 Å². The van der Waals surface area contributed by atoms with Gasteiger partial charge in [0, 0.05) is 16.4 Å². The van der Waals surface area contributed by atoms with Crippen LogP contribution in [0.4, 0.5) is 0 Å². The van der Waals surface area contributed by atoms with E-state index in [1.54, 1.807) is 12.1 Å². The van der Waals surface area contributed by atoms with Crippen molar-refractivity contribution in [2.45, 2.75) is 28.1 Å². The Morgan fingerprint density at radius 2 is 1.80 bits per heavy atom. The summed E-state index contributed by atoms with van der Waals surface area (Å²) in [6.45, 7) is 0. The molecule has 0 bridgehead atoms. The molecule has 0 saturated carbocycles. The van der Waals surface area contributed by atoms with Gasteiger partial charge in [-0.15, -0.1) is 0 Å². The number of hydrogen-bond acceptors (Lipinski definition) is 5. The van der Waals surface area contributed by atoms with Crippen molar-refractivity contribution >= 4 is 31.7 Å². The minimum atomic E-state index is -3.61. The molecular weight excluding hydrogens is 406 g/mol. The summed E-state index contributed by atoms with van der Waals surface area (Å²) in [7, 11) is -2.33. The second-order valence-corrected chi connectivity index (χ2v) is 9.26. The summed E-state index contributed by atoms with van der Waals surface area (Å²) >= 11 is 3.41. The van der Waals surface area contributed by atoms with Gasteiger partial charge >= 0.3 is 5.97 Å². The molecule has 4 rings (SSSR count). The summed E-state index contributed by atoms with van der Waals surface area (Å²) in [6, 6.07) is 13.5. The van der Waals surface area contributed by atoms with Crippen LogP contribution < -0.4 is 5.32 Å². The van der Waals surface area contributed by atoms with Crippen molar-refractivity contribution in [1.29, 1.82) is 0 Å². The van der Waals surface area contributed by atoms with Gasteiger partial charge in [0.05, 0.1) is 12.0 Å². The molecule has 2 aromatic rings. The van der Waals surface area contributed by atoms with Crippen molar-refractivity contribution in [2.75, 3.05) is 7.11 Å². The Morgan fingerprint density at radius 1 is 1.12 bits per heavy atom. The Labute approximate surface area is 154 Å². The second kappa shape index (κ2) is 5.93. The molecule has 0 aliphatic carbocycles. The topological polar surface area (TPSA) is 72.5 Å². The van der Waals surface area contributed by atoms with E-state index in [1.807, 2.05) is 36.4 Å². The number of fused-ring (bicyclic) bond motifs is 3. The molecular formula is C18H16BrNO4S. The van der Waals surface area contributed by atoms with Crippen molar-refractivity contribution in [3.8, 4) is 0 Å². The standard InChI is InChI=1S/C18H16BrNO4S/c1-24-18(21)16-17-14(12-4-2-3-5-13(12)25(17,22)23)15(20-16)10-6-8-11(19)9-7-10/h2-9,14-17,20H,1H3/t14-,15+,16+,17-/m1/s1. The minimum Gasteiger partial charge on any atom is -0.468 e. The number of hydrogen-bond donors (Lipinski definition) is 1. The van der Waals surface area contributed by atoms with Crippen LogP contribution in [0.3, 0.4) is 0 Å². The molecule has 2 heterocycles. The quantitative estimate of drug-likeness (QED) is 0.754. The van der Waals surface area contributed by atoms with Crippen LogP contribution in [0.5, 0.6) is 0 Å². The summed E-state index contributed by atoms with van der Waals surface area (Å²) in [5.74, 6) is -0.877. The summed E-state index contributed by atoms with van der Waals surface area (Å²) < 4.78 is 31.9. The highest BCUT2D eigenvalue weighted by Gasteiger charge is 2.59. The first kappa shape index (κ1) is 16.8. The van der Waals surface area contributed by atoms with Crippen LogP contribution in [0, 0.1) is 0 Å². The first-order chi connectivity index (χ1) is 11.9. The lowest BCUT2D eigenvalue weighted by molar-refractivity contribution is -0.142. The SMILES string of the molecule is COC(=O)[C@H]1N[C@@H](c2ccc(Br)cc2)[C@H]2c3ccccc3S(=O)(=O)[C@H]21. The van der Waals surface area contributed by atoms with E-state index in [-0.39, 0.29) is 12.0 Å². The van der Waals surface area contributed by atoms with Crippen LogP contribution in [-0.2, 0) is 19.4 Å². The molecule has 1 fully saturated rings. The van der Waals surface area contributed by atoms with Gasteiger partial charge in [0.25, 0.3) is 0 Å². The fraction of sp³-hybridized carbons (Fsp3) is 0.278. The van der Waals surface area contributed by atoms with E-state index in [0.29, 0.717) is 4.90 Å². The number of sulfone groups is 1. The highest BCUT2D eigenvalue weighted by atomic mass is 79.9. The van der Waals surface area contributed by atoms with Crippen molar-refractivity contribution in [2.24, 2.45) is 0 Å². The van der Waals surface area contributed by atoms with Gasteiger partial charge in [-0.3, -0.25) is 10.1 Å². The molecule has 0 spiro atoms. The Hall–Kier alpha value is -1.70. The van der Waals surface area contributed by atoms with Crippen LogP contribution in [0.1, 0.15) is 23.1 Å². The van der Waals surface area contributed by atoms with Gasteiger partial charge in [0.15, 0.2) is 9.84 Å². The monoisotopic (exact) mass is 421 g/mol. The number of esters is 1. The van der Waals surface area contributed by atoms with Crippen LogP contribution in [0.2, 0.25) is 0 Å². The van der Waals surface area contributed by atoms with Crippen molar-refractivity contribution in [1.82, 2.24) is 5.32 Å². The van der Waals surface area contributed by atoms with Crippen molar-refractivity contribution in [3.05, 3.63) is 64.1 Å². The number of nitrogens with one attached hydrogen (secondary N) is 1. The molecule has 0 unspecified atom stereocenters. The number of halogens is 1. The Balaban J connectivity index is 1.89. The van der Waals surface area contributed by atoms with E-state index in [1.165, 1.54) is 7.11 Å². The third kappa shape index (κ3) is 2.45. The average Bonchev–Trinajstić information content (AvgIpc) is 3.12. The molecule has 5 nitrogen and oxygen atoms in total. The number of benzene rings is 2. The van der Waals surface area contributed by atoms with Gasteiger partial charge in [-0.2, -0.15) is 0 Å². The zero-order chi connectivity index (χ0) is 17.8. The highest BCUT2D eigenvalue weighted by Crippen LogP contribution is 2.52. The zero-order valence-electron chi connectivity index (χ0n) is 13.3. The van der Waals surface area contributed by atoms with Crippen molar-refractivity contribution in [3.63, 3.8) is 0 Å². The average molecular weight is 422 g/mol. The third-order valence-corrected chi connectivity index (χ3v) is 7.82. The molecule has 1 N–H and O–H groups in total. The number of carbonyl (C=O) groups is 1. The van der Waals surface area contributed by atoms with E-state index in [9.17, 15) is 13.2 Å². The third-order valence-electron chi connectivity index (χ3n) is 5.03. The first-order valence-corrected chi connectivity index (χ1v) is 10.2. The van der Waals surface area contributed by atoms with Crippen molar-refractivity contribution < 1.29 is 17.9 Å². The van der Waals surface area contributed by atoms with E-state index in [4.69, 9.17) is 4.74 Å². The lowest BCUT2D eigenvalue weighted by Crippen LogP contribution is -2.42. The number of ether oxygens (including phenoxy) is 1. The zero-order valence-corrected chi connectivity index (χ0v) is 15.7. The maximum Gasteiger partial charge on any atom is 0.324 e. The fourth-order valence-corrected chi connectivity index (χ4v) is 6.58. The maximum absolute atomic E-state index is 13.1. The maximum atomic E-state index is 13.1. The fourth-order valence-electron chi connectivity index (χ4n) is 3.98. The van der Waals surface area contributed by atoms with Gasteiger partial charge in [-0.1, -0.05) is 46.3 Å². The Bertz CT molecular complexity index is 942. The molecule has 0 amide bonds. The molecule has 1 saturated heterocycles. The molecule has 130 valence electrons. The summed E-state index contributed by atoms with van der Waals surface area (Å²) in [5.41, 5.74) is 1.70. The summed E-state index contributed by atoms with van der Waals surface area (Å²) in [5, 5.41) is 2.35. The molecule has 25 heavy (non-hydrogen) atoms. The van der Waals surface area contributed by atoms with E-state index in [0.717, 1.165) is 15.6 Å². The Morgan fingerprint density at radius 3 is 2.48 bits per heavy atom. The molecule has 0 radical (unpaired) electrons. The van der Waals surface area contributed by atoms with E-state index in [2.05, 4.69) is 21.2 Å². The van der Waals surface area contributed by atoms with Crippen LogP contribution in [-0.4, -0.2) is 32.8 Å². The number of methoxy groups -OCH3 is 1. The molecule has 2 aliphatic rings. The van der Waals surface area contributed by atoms with E-state index < -0.39 is 27.1 Å². The molecule has 4 atom stereocenters. The first-order valence-electron chi connectivity index (χ1n) is 7.87. The van der Waals surface area contributed by atoms with Gasteiger partial charge in [-0.05, 0) is 29.3 Å². The molecule has 0 aromatic heterocycles. The predicted molar refractivity (Wildman–Crippen MR) is 96.0 cm³/mol. The minimum absolute atomic E-state index is 0.277. The predicted octanol–water partition coefficient (Wildman–Crippen LogP) is 2.57. The summed E-state index contributed by atoms with van der Waals surface area (Å²) in [6.07, 6.45) is 0. The molecule has 2 aliphatic heterocycles. The lowest BCUT2D eigenvalue weighted by Gasteiger charge is -2.19. The van der Waals surface area contributed by atoms with E-state index >= 15 is 0 Å². The highest BCUT2D eigenvalue weighted by molar-refractivity contribution is 9.10. The van der Waals surface area contributed by atoms with Gasteiger partial charge in [-0.25, -0.2) is 8.42 Å². The number of rotatable bonds is 2. The molecule has 7 heteroatoms. The van der Waals surface area contributed by atoms with Gasteiger partial charge in [0.1, 0.15) is 11.3 Å². The van der Waals surface area contributed by atoms with Crippen LogP contribution in [0.25, 0.3) is 0 Å². The van der Waals surface area contributed by atoms with Gasteiger partial charge < -0.3 is 4.74 Å². The lowest BCUT2D eigenvalue weighted by atomic mass is 9.87. The second-order valence-electron chi connectivity index (χ2n) is 6.27. The Kier molecular flexibility index (Phi) is 3.97. The largest absolute Gasteiger partial charge is 0.468 e. The normalized spacial score (nSPS) is 29.0. The van der Waals surface area contributed by atoms with Crippen LogP contribution in [0.15, 0.2) is 57.9 Å². The number of carbonyl (C=O) groups excluding carboxylic acids is 1. The smallest absolute Gasteiger partial charge is 0.324 e. The van der Waals surface area contributed by atoms with Gasteiger partial charge in [0.2, 0.25) is 0 Å². The molecule has 2 aromatic carbocycles.